The summed E-state index contributed by atoms with van der Waals surface area (Å²) in [6, 6.07) is 10.4. The number of nitrogens with zero attached hydrogens (tertiary/aromatic N) is 5. The molecule has 1 aliphatic rings. The van der Waals surface area contributed by atoms with Crippen molar-refractivity contribution in [2.75, 3.05) is 31.1 Å². The van der Waals surface area contributed by atoms with Gasteiger partial charge < -0.3 is 9.47 Å². The van der Waals surface area contributed by atoms with E-state index in [4.69, 9.17) is 0 Å². The van der Waals surface area contributed by atoms with Crippen LogP contribution in [0, 0.1) is 0 Å². The Morgan fingerprint density at radius 2 is 1.86 bits per heavy atom. The van der Waals surface area contributed by atoms with Crippen molar-refractivity contribution in [1.29, 1.82) is 0 Å². The van der Waals surface area contributed by atoms with Crippen LogP contribution in [-0.2, 0) is 13.1 Å². The number of fused-ring (bicyclic) bond motifs is 1. The minimum Gasteiger partial charge on any atom is -0.338 e. The predicted octanol–water partition coefficient (Wildman–Crippen LogP) is 1.95. The monoisotopic (exact) mass is 377 g/mol. The smallest absolute Gasteiger partial charge is 0.261 e. The van der Waals surface area contributed by atoms with Crippen LogP contribution in [0.3, 0.4) is 0 Å². The second kappa shape index (κ2) is 7.90. The number of anilines is 1. The molecule has 28 heavy (non-hydrogen) atoms. The molecule has 0 spiro atoms. The van der Waals surface area contributed by atoms with Crippen LogP contribution < -0.4 is 10.5 Å². The quantitative estimate of drug-likeness (QED) is 0.633. The van der Waals surface area contributed by atoms with Gasteiger partial charge in [0.15, 0.2) is 6.29 Å². The highest BCUT2D eigenvalue weighted by Gasteiger charge is 2.20. The van der Waals surface area contributed by atoms with Crippen LogP contribution in [0.25, 0.3) is 10.9 Å². The summed E-state index contributed by atoms with van der Waals surface area (Å²) in [5.74, 6) is 0.573. The molecule has 144 valence electrons. The third-order valence-electron chi connectivity index (χ3n) is 5.21. The van der Waals surface area contributed by atoms with Crippen LogP contribution in [0.1, 0.15) is 22.8 Å². The second-order valence-corrected chi connectivity index (χ2v) is 6.97. The molecule has 0 unspecified atom stereocenters. The molecule has 4 rings (SSSR count). The van der Waals surface area contributed by atoms with E-state index in [0.717, 1.165) is 39.0 Å². The molecule has 0 saturated carbocycles. The van der Waals surface area contributed by atoms with Crippen molar-refractivity contribution >= 4 is 23.1 Å². The van der Waals surface area contributed by atoms with Gasteiger partial charge in [-0.05, 0) is 12.5 Å². The fraction of sp³-hybridized carbons (Fsp3) is 0.333. The Hall–Kier alpha value is -3.06. The van der Waals surface area contributed by atoms with Crippen molar-refractivity contribution < 1.29 is 4.79 Å². The van der Waals surface area contributed by atoms with Crippen molar-refractivity contribution in [3.8, 4) is 0 Å². The topological polar surface area (TPSA) is 71.3 Å². The number of rotatable bonds is 5. The highest BCUT2D eigenvalue weighted by atomic mass is 16.1. The Morgan fingerprint density at radius 3 is 2.54 bits per heavy atom. The van der Waals surface area contributed by atoms with E-state index in [1.165, 1.54) is 10.1 Å². The molecule has 7 heteroatoms. The van der Waals surface area contributed by atoms with Crippen LogP contribution in [0.4, 0.5) is 5.95 Å². The summed E-state index contributed by atoms with van der Waals surface area (Å²) in [6.07, 6.45) is 3.88. The SMILES string of the molecule is CCn1cc(C=O)c2nc(N3CCN(Cc4ccccc4)CC3)ncc2c1=O. The molecule has 0 radical (unpaired) electrons. The summed E-state index contributed by atoms with van der Waals surface area (Å²) in [4.78, 5) is 37.5. The number of aryl methyl sites for hydroxylation is 1. The van der Waals surface area contributed by atoms with Crippen LogP contribution in [-0.4, -0.2) is 51.9 Å². The maximum Gasteiger partial charge on any atom is 0.261 e. The zero-order valence-corrected chi connectivity index (χ0v) is 15.9. The van der Waals surface area contributed by atoms with Gasteiger partial charge in [-0.3, -0.25) is 14.5 Å². The van der Waals surface area contributed by atoms with Gasteiger partial charge in [-0.15, -0.1) is 0 Å². The first-order valence-corrected chi connectivity index (χ1v) is 9.56. The molecular formula is C21H23N5O2. The Balaban J connectivity index is 1.54. The van der Waals surface area contributed by atoms with Crippen LogP contribution >= 0.6 is 0 Å². The maximum atomic E-state index is 12.5. The van der Waals surface area contributed by atoms with Gasteiger partial charge in [0.25, 0.3) is 5.56 Å². The van der Waals surface area contributed by atoms with Gasteiger partial charge >= 0.3 is 0 Å². The van der Waals surface area contributed by atoms with Crippen LogP contribution in [0.15, 0.2) is 47.5 Å². The van der Waals surface area contributed by atoms with E-state index >= 15 is 0 Å². The number of carbonyl (C=O) groups is 1. The Labute approximate surface area is 163 Å². The summed E-state index contributed by atoms with van der Waals surface area (Å²) in [5, 5.41) is 0.387. The van der Waals surface area contributed by atoms with Crippen molar-refractivity contribution in [1.82, 2.24) is 19.4 Å². The Kier molecular flexibility index (Phi) is 5.16. The Morgan fingerprint density at radius 1 is 1.11 bits per heavy atom. The highest BCUT2D eigenvalue weighted by molar-refractivity contribution is 5.94. The molecule has 0 amide bonds. The highest BCUT2D eigenvalue weighted by Crippen LogP contribution is 2.18. The zero-order valence-electron chi connectivity index (χ0n) is 15.9. The lowest BCUT2D eigenvalue weighted by molar-refractivity contribution is 0.112. The summed E-state index contributed by atoms with van der Waals surface area (Å²) >= 11 is 0. The van der Waals surface area contributed by atoms with E-state index in [-0.39, 0.29) is 5.56 Å². The standard InChI is InChI=1S/C21H23N5O2/c1-2-25-14-17(15-27)19-18(20(25)28)12-22-21(23-19)26-10-8-24(9-11-26)13-16-6-4-3-5-7-16/h3-7,12,14-15H,2,8-11,13H2,1H3. The molecule has 2 aromatic heterocycles. The van der Waals surface area contributed by atoms with Gasteiger partial charge in [0.1, 0.15) is 0 Å². The molecule has 3 heterocycles. The average molecular weight is 377 g/mol. The number of carbonyl (C=O) groups excluding carboxylic acids is 1. The molecule has 1 aromatic carbocycles. The number of benzene rings is 1. The van der Waals surface area contributed by atoms with Gasteiger partial charge in [0.2, 0.25) is 5.95 Å². The molecule has 0 aliphatic carbocycles. The normalized spacial score (nSPS) is 15.1. The molecule has 0 bridgehead atoms. The number of aldehydes is 1. The van der Waals surface area contributed by atoms with E-state index in [9.17, 15) is 9.59 Å². The predicted molar refractivity (Wildman–Crippen MR) is 109 cm³/mol. The van der Waals surface area contributed by atoms with E-state index in [0.29, 0.717) is 29.0 Å². The summed E-state index contributed by atoms with van der Waals surface area (Å²) in [6.45, 7) is 6.73. The first kappa shape index (κ1) is 18.3. The molecule has 1 saturated heterocycles. The summed E-state index contributed by atoms with van der Waals surface area (Å²) in [5.41, 5.74) is 1.99. The Bertz CT molecular complexity index is 1040. The van der Waals surface area contributed by atoms with Gasteiger partial charge in [0, 0.05) is 51.7 Å². The number of hydrogen-bond donors (Lipinski definition) is 0. The number of piperazine rings is 1. The molecule has 7 nitrogen and oxygen atoms in total. The number of aromatic nitrogens is 3. The third-order valence-corrected chi connectivity index (χ3v) is 5.21. The van der Waals surface area contributed by atoms with E-state index < -0.39 is 0 Å². The van der Waals surface area contributed by atoms with Gasteiger partial charge in [-0.25, -0.2) is 9.97 Å². The zero-order chi connectivity index (χ0) is 19.5. The first-order valence-electron chi connectivity index (χ1n) is 9.56. The minimum atomic E-state index is -0.165. The van der Waals surface area contributed by atoms with E-state index in [2.05, 4.69) is 44.0 Å². The van der Waals surface area contributed by atoms with Crippen LogP contribution in [0.5, 0.6) is 0 Å². The van der Waals surface area contributed by atoms with E-state index in [1.807, 2.05) is 13.0 Å². The van der Waals surface area contributed by atoms with Gasteiger partial charge in [-0.2, -0.15) is 0 Å². The molecule has 1 fully saturated rings. The average Bonchev–Trinajstić information content (AvgIpc) is 2.75. The van der Waals surface area contributed by atoms with Gasteiger partial charge in [0.05, 0.1) is 16.5 Å². The lowest BCUT2D eigenvalue weighted by atomic mass is 10.2. The third kappa shape index (κ3) is 3.53. The van der Waals surface area contributed by atoms with E-state index in [1.54, 1.807) is 12.4 Å². The summed E-state index contributed by atoms with van der Waals surface area (Å²) < 4.78 is 1.51. The molecular weight excluding hydrogens is 354 g/mol. The van der Waals surface area contributed by atoms with Crippen molar-refractivity contribution in [2.45, 2.75) is 20.0 Å². The second-order valence-electron chi connectivity index (χ2n) is 6.97. The fourth-order valence-corrected chi connectivity index (χ4v) is 3.61. The fourth-order valence-electron chi connectivity index (χ4n) is 3.61. The van der Waals surface area contributed by atoms with Crippen LogP contribution in [0.2, 0.25) is 0 Å². The lowest BCUT2D eigenvalue weighted by Crippen LogP contribution is -2.46. The number of pyridine rings is 1. The summed E-state index contributed by atoms with van der Waals surface area (Å²) in [7, 11) is 0. The largest absolute Gasteiger partial charge is 0.338 e. The lowest BCUT2D eigenvalue weighted by Gasteiger charge is -2.34. The molecule has 1 aliphatic heterocycles. The van der Waals surface area contributed by atoms with Crippen molar-refractivity contribution in [3.05, 3.63) is 64.2 Å². The van der Waals surface area contributed by atoms with Gasteiger partial charge in [-0.1, -0.05) is 30.3 Å². The minimum absolute atomic E-state index is 0.165. The molecule has 0 atom stereocenters. The van der Waals surface area contributed by atoms with Crippen molar-refractivity contribution in [3.63, 3.8) is 0 Å². The molecule has 3 aromatic rings. The van der Waals surface area contributed by atoms with Crippen molar-refractivity contribution in [2.24, 2.45) is 0 Å². The molecule has 0 N–H and O–H groups in total. The number of hydrogen-bond acceptors (Lipinski definition) is 6. The first-order chi connectivity index (χ1) is 13.7. The maximum absolute atomic E-state index is 12.5.